The third kappa shape index (κ3) is 2.51. The van der Waals surface area contributed by atoms with Gasteiger partial charge >= 0.3 is 0 Å². The summed E-state index contributed by atoms with van der Waals surface area (Å²) in [6.07, 6.45) is 3.42. The Hall–Kier alpha value is -2.33. The van der Waals surface area contributed by atoms with Crippen LogP contribution in [0.15, 0.2) is 48.8 Å². The number of aromatic nitrogens is 2. The molecule has 0 radical (unpaired) electrons. The van der Waals surface area contributed by atoms with Crippen LogP contribution in [0, 0.1) is 0 Å². The summed E-state index contributed by atoms with van der Waals surface area (Å²) >= 11 is 6.09. The lowest BCUT2D eigenvalue weighted by atomic mass is 10.2. The van der Waals surface area contributed by atoms with Gasteiger partial charge in [0.15, 0.2) is 0 Å². The van der Waals surface area contributed by atoms with Gasteiger partial charge < -0.3 is 10.3 Å². The molecule has 0 aliphatic rings. The zero-order valence-electron chi connectivity index (χ0n) is 10.6. The lowest BCUT2D eigenvalue weighted by molar-refractivity contribution is 0.0946. The Morgan fingerprint density at radius 3 is 2.95 bits per heavy atom. The molecule has 20 heavy (non-hydrogen) atoms. The molecule has 4 nitrogen and oxygen atoms in total. The number of H-pyrrole nitrogens is 1. The van der Waals surface area contributed by atoms with Crippen LogP contribution >= 0.6 is 11.6 Å². The second-order valence-electron chi connectivity index (χ2n) is 4.43. The van der Waals surface area contributed by atoms with Crippen molar-refractivity contribution in [1.82, 2.24) is 15.3 Å². The van der Waals surface area contributed by atoms with Gasteiger partial charge in [0.05, 0.1) is 0 Å². The fraction of sp³-hybridized carbons (Fsp3) is 0.0667. The van der Waals surface area contributed by atoms with Crippen LogP contribution in [0.1, 0.15) is 16.1 Å². The highest BCUT2D eigenvalue weighted by Crippen LogP contribution is 2.23. The van der Waals surface area contributed by atoms with E-state index in [2.05, 4.69) is 15.3 Å². The fourth-order valence-electron chi connectivity index (χ4n) is 2.02. The number of carbonyl (C=O) groups is 1. The SMILES string of the molecule is O=C(NCc1cccnc1)c1cc2c(Cl)cccc2[nH]1. The number of benzene rings is 1. The number of aromatic amines is 1. The summed E-state index contributed by atoms with van der Waals surface area (Å²) in [6.45, 7) is 0.440. The number of hydrogen-bond acceptors (Lipinski definition) is 2. The largest absolute Gasteiger partial charge is 0.350 e. The molecule has 0 unspecified atom stereocenters. The third-order valence-corrected chi connectivity index (χ3v) is 3.36. The highest BCUT2D eigenvalue weighted by molar-refractivity contribution is 6.35. The zero-order valence-corrected chi connectivity index (χ0v) is 11.3. The molecule has 5 heteroatoms. The Morgan fingerprint density at radius 1 is 1.30 bits per heavy atom. The van der Waals surface area contributed by atoms with Crippen LogP contribution in [0.2, 0.25) is 5.02 Å². The van der Waals surface area contributed by atoms with Gasteiger partial charge in [-0.15, -0.1) is 0 Å². The van der Waals surface area contributed by atoms with Crippen LogP contribution in [0.4, 0.5) is 0 Å². The molecule has 0 fully saturated rings. The van der Waals surface area contributed by atoms with Crippen molar-refractivity contribution in [2.45, 2.75) is 6.54 Å². The van der Waals surface area contributed by atoms with Gasteiger partial charge in [-0.3, -0.25) is 9.78 Å². The van der Waals surface area contributed by atoms with Crippen LogP contribution in [0.3, 0.4) is 0 Å². The van der Waals surface area contributed by atoms with Crippen molar-refractivity contribution in [3.63, 3.8) is 0 Å². The quantitative estimate of drug-likeness (QED) is 0.777. The molecule has 3 rings (SSSR count). The normalized spacial score (nSPS) is 10.7. The predicted molar refractivity (Wildman–Crippen MR) is 78.7 cm³/mol. The molecule has 0 bridgehead atoms. The molecular formula is C15H12ClN3O. The number of hydrogen-bond donors (Lipinski definition) is 2. The Morgan fingerprint density at radius 2 is 2.20 bits per heavy atom. The number of fused-ring (bicyclic) bond motifs is 1. The monoisotopic (exact) mass is 285 g/mol. The molecule has 0 atom stereocenters. The highest BCUT2D eigenvalue weighted by atomic mass is 35.5. The molecule has 0 aliphatic carbocycles. The smallest absolute Gasteiger partial charge is 0.267 e. The first kappa shape index (κ1) is 12.7. The van der Waals surface area contributed by atoms with Crippen molar-refractivity contribution in [2.75, 3.05) is 0 Å². The van der Waals surface area contributed by atoms with E-state index in [9.17, 15) is 4.79 Å². The van der Waals surface area contributed by atoms with Gasteiger partial charge in [-0.2, -0.15) is 0 Å². The van der Waals surface area contributed by atoms with Crippen molar-refractivity contribution in [3.8, 4) is 0 Å². The fourth-order valence-corrected chi connectivity index (χ4v) is 2.25. The highest BCUT2D eigenvalue weighted by Gasteiger charge is 2.10. The molecular weight excluding hydrogens is 274 g/mol. The maximum atomic E-state index is 12.1. The maximum absolute atomic E-state index is 12.1. The van der Waals surface area contributed by atoms with Crippen LogP contribution in [-0.2, 0) is 6.54 Å². The number of amides is 1. The van der Waals surface area contributed by atoms with Crippen LogP contribution in [-0.4, -0.2) is 15.9 Å². The molecule has 1 amide bonds. The van der Waals surface area contributed by atoms with E-state index in [-0.39, 0.29) is 5.91 Å². The van der Waals surface area contributed by atoms with Gasteiger partial charge in [0.25, 0.3) is 5.91 Å². The average molecular weight is 286 g/mol. The lowest BCUT2D eigenvalue weighted by Gasteiger charge is -2.02. The van der Waals surface area contributed by atoms with E-state index < -0.39 is 0 Å². The molecule has 2 heterocycles. The van der Waals surface area contributed by atoms with E-state index >= 15 is 0 Å². The summed E-state index contributed by atoms with van der Waals surface area (Å²) in [4.78, 5) is 19.2. The van der Waals surface area contributed by atoms with Gasteiger partial charge in [0, 0.05) is 34.9 Å². The number of pyridine rings is 1. The Balaban J connectivity index is 1.77. The van der Waals surface area contributed by atoms with Crippen LogP contribution in [0.5, 0.6) is 0 Å². The lowest BCUT2D eigenvalue weighted by Crippen LogP contribution is -2.23. The molecule has 0 spiro atoms. The molecule has 2 N–H and O–H groups in total. The molecule has 2 aromatic heterocycles. The maximum Gasteiger partial charge on any atom is 0.267 e. The number of nitrogens with zero attached hydrogens (tertiary/aromatic N) is 1. The molecule has 1 aromatic carbocycles. The zero-order chi connectivity index (χ0) is 13.9. The third-order valence-electron chi connectivity index (χ3n) is 3.03. The summed E-state index contributed by atoms with van der Waals surface area (Å²) in [6, 6.07) is 11.0. The summed E-state index contributed by atoms with van der Waals surface area (Å²) in [5, 5.41) is 4.32. The summed E-state index contributed by atoms with van der Waals surface area (Å²) in [7, 11) is 0. The molecule has 0 saturated heterocycles. The first-order chi connectivity index (χ1) is 9.74. The van der Waals surface area contributed by atoms with E-state index in [1.807, 2.05) is 24.3 Å². The Bertz CT molecular complexity index is 752. The summed E-state index contributed by atoms with van der Waals surface area (Å²) < 4.78 is 0. The minimum atomic E-state index is -0.166. The van der Waals surface area contributed by atoms with E-state index in [0.717, 1.165) is 16.5 Å². The number of rotatable bonds is 3. The van der Waals surface area contributed by atoms with Crippen molar-refractivity contribution < 1.29 is 4.79 Å². The van der Waals surface area contributed by atoms with Crippen LogP contribution in [0.25, 0.3) is 10.9 Å². The minimum Gasteiger partial charge on any atom is -0.350 e. The first-order valence-corrected chi connectivity index (χ1v) is 6.56. The van der Waals surface area contributed by atoms with Gasteiger partial charge in [0.1, 0.15) is 5.69 Å². The molecule has 100 valence electrons. The Labute approximate surface area is 120 Å². The number of nitrogens with one attached hydrogen (secondary N) is 2. The average Bonchev–Trinajstić information content (AvgIpc) is 2.91. The number of carbonyl (C=O) groups excluding carboxylic acids is 1. The van der Waals surface area contributed by atoms with Gasteiger partial charge in [-0.05, 0) is 29.8 Å². The van der Waals surface area contributed by atoms with Gasteiger partial charge in [-0.1, -0.05) is 23.7 Å². The van der Waals surface area contributed by atoms with E-state index in [0.29, 0.717) is 17.3 Å². The molecule has 0 saturated carbocycles. The molecule has 3 aromatic rings. The first-order valence-electron chi connectivity index (χ1n) is 6.18. The Kier molecular flexibility index (Phi) is 3.39. The van der Waals surface area contributed by atoms with Gasteiger partial charge in [0.2, 0.25) is 0 Å². The van der Waals surface area contributed by atoms with Gasteiger partial charge in [-0.25, -0.2) is 0 Å². The second kappa shape index (κ2) is 5.35. The second-order valence-corrected chi connectivity index (χ2v) is 4.84. The van der Waals surface area contributed by atoms with Crippen molar-refractivity contribution in [2.24, 2.45) is 0 Å². The van der Waals surface area contributed by atoms with E-state index in [4.69, 9.17) is 11.6 Å². The van der Waals surface area contributed by atoms with Crippen LogP contribution < -0.4 is 5.32 Å². The van der Waals surface area contributed by atoms with Crippen molar-refractivity contribution in [1.29, 1.82) is 0 Å². The van der Waals surface area contributed by atoms with Crippen molar-refractivity contribution >= 4 is 28.4 Å². The number of halogens is 1. The summed E-state index contributed by atoms with van der Waals surface area (Å²) in [5.74, 6) is -0.166. The van der Waals surface area contributed by atoms with E-state index in [1.165, 1.54) is 0 Å². The van der Waals surface area contributed by atoms with Crippen molar-refractivity contribution in [3.05, 3.63) is 65.1 Å². The summed E-state index contributed by atoms with van der Waals surface area (Å²) in [5.41, 5.74) is 2.30. The topological polar surface area (TPSA) is 57.8 Å². The standard InChI is InChI=1S/C15H12ClN3O/c16-12-4-1-5-13-11(12)7-14(19-13)15(20)18-9-10-3-2-6-17-8-10/h1-8,19H,9H2,(H,18,20). The predicted octanol–water partition coefficient (Wildman–Crippen LogP) is 3.15. The molecule has 0 aliphatic heterocycles. The van der Waals surface area contributed by atoms with E-state index in [1.54, 1.807) is 24.5 Å². The minimum absolute atomic E-state index is 0.166.